The van der Waals surface area contributed by atoms with Crippen LogP contribution in [0.3, 0.4) is 0 Å². The summed E-state index contributed by atoms with van der Waals surface area (Å²) in [5, 5.41) is 0. The van der Waals surface area contributed by atoms with Gasteiger partial charge in [-0.1, -0.05) is 12.5 Å². The van der Waals surface area contributed by atoms with Gasteiger partial charge in [0.2, 0.25) is 0 Å². The highest BCUT2D eigenvalue weighted by atomic mass is 19.1. The Balaban J connectivity index is 1.93. The van der Waals surface area contributed by atoms with Crippen LogP contribution in [0.1, 0.15) is 49.1 Å². The summed E-state index contributed by atoms with van der Waals surface area (Å²) in [5.41, 5.74) is 8.12. The van der Waals surface area contributed by atoms with Gasteiger partial charge in [0.15, 0.2) is 0 Å². The van der Waals surface area contributed by atoms with E-state index in [2.05, 4.69) is 0 Å². The fraction of sp³-hybridized carbons (Fsp3) is 0.600. The number of rotatable bonds is 3. The largest absolute Gasteiger partial charge is 0.326 e. The molecule has 1 aromatic carbocycles. The Morgan fingerprint density at radius 1 is 1.18 bits per heavy atom. The first-order valence-corrected chi connectivity index (χ1v) is 6.78. The van der Waals surface area contributed by atoms with Gasteiger partial charge in [-0.2, -0.15) is 0 Å². The molecule has 92 valence electrons. The molecule has 2 atom stereocenters. The van der Waals surface area contributed by atoms with Crippen molar-refractivity contribution in [3.05, 3.63) is 35.1 Å². The van der Waals surface area contributed by atoms with Gasteiger partial charge in [-0.15, -0.1) is 0 Å². The van der Waals surface area contributed by atoms with Gasteiger partial charge in [0, 0.05) is 6.54 Å². The van der Waals surface area contributed by atoms with Crippen LogP contribution in [-0.4, -0.2) is 0 Å². The van der Waals surface area contributed by atoms with Crippen LogP contribution in [0.4, 0.5) is 4.39 Å². The van der Waals surface area contributed by atoms with Gasteiger partial charge in [0.05, 0.1) is 0 Å². The molecule has 0 spiro atoms. The molecule has 2 N–H and O–H groups in total. The lowest BCUT2D eigenvalue weighted by Crippen LogP contribution is -2.12. The second-order valence-electron chi connectivity index (χ2n) is 5.59. The zero-order valence-electron chi connectivity index (χ0n) is 10.2. The zero-order chi connectivity index (χ0) is 11.8. The van der Waals surface area contributed by atoms with Crippen molar-refractivity contribution in [2.24, 2.45) is 17.6 Å². The van der Waals surface area contributed by atoms with Crippen molar-refractivity contribution in [2.75, 3.05) is 0 Å². The molecule has 2 unspecified atom stereocenters. The SMILES string of the molecule is NCc1ccc(F)cc1C1CCCC1C1CC1. The third kappa shape index (κ3) is 2.11. The van der Waals surface area contributed by atoms with E-state index in [0.29, 0.717) is 12.5 Å². The average Bonchev–Trinajstić information content (AvgIpc) is 3.07. The quantitative estimate of drug-likeness (QED) is 0.848. The van der Waals surface area contributed by atoms with Crippen LogP contribution in [0.5, 0.6) is 0 Å². The molecule has 0 heterocycles. The van der Waals surface area contributed by atoms with E-state index in [0.717, 1.165) is 17.4 Å². The number of nitrogens with two attached hydrogens (primary N) is 1. The van der Waals surface area contributed by atoms with Crippen molar-refractivity contribution in [3.8, 4) is 0 Å². The van der Waals surface area contributed by atoms with Crippen molar-refractivity contribution in [1.82, 2.24) is 0 Å². The first-order valence-electron chi connectivity index (χ1n) is 6.78. The van der Waals surface area contributed by atoms with Gasteiger partial charge in [0.25, 0.3) is 0 Å². The molecule has 1 nitrogen and oxygen atoms in total. The summed E-state index contributed by atoms with van der Waals surface area (Å²) in [5.74, 6) is 2.16. The van der Waals surface area contributed by atoms with Crippen LogP contribution in [0.15, 0.2) is 18.2 Å². The topological polar surface area (TPSA) is 26.0 Å². The minimum Gasteiger partial charge on any atom is -0.326 e. The first kappa shape index (κ1) is 11.2. The van der Waals surface area contributed by atoms with Gasteiger partial charge in [0.1, 0.15) is 5.82 Å². The van der Waals surface area contributed by atoms with E-state index in [1.165, 1.54) is 43.7 Å². The lowest BCUT2D eigenvalue weighted by Gasteiger charge is -2.22. The smallest absolute Gasteiger partial charge is 0.123 e. The first-order chi connectivity index (χ1) is 8.29. The normalized spacial score (nSPS) is 28.6. The third-order valence-electron chi connectivity index (χ3n) is 4.52. The molecule has 0 bridgehead atoms. The third-order valence-corrected chi connectivity index (χ3v) is 4.52. The summed E-state index contributed by atoms with van der Waals surface area (Å²) < 4.78 is 13.4. The number of halogens is 1. The molecular weight excluding hydrogens is 213 g/mol. The monoisotopic (exact) mass is 233 g/mol. The number of hydrogen-bond donors (Lipinski definition) is 1. The fourth-order valence-electron chi connectivity index (χ4n) is 3.56. The predicted octanol–water partition coefficient (Wildman–Crippen LogP) is 3.58. The minimum atomic E-state index is -0.112. The Bertz CT molecular complexity index is 411. The van der Waals surface area contributed by atoms with Crippen LogP contribution in [0.25, 0.3) is 0 Å². The maximum Gasteiger partial charge on any atom is 0.123 e. The zero-order valence-corrected chi connectivity index (χ0v) is 10.2. The van der Waals surface area contributed by atoms with E-state index < -0.39 is 0 Å². The second kappa shape index (κ2) is 4.41. The highest BCUT2D eigenvalue weighted by Crippen LogP contribution is 2.52. The van der Waals surface area contributed by atoms with Crippen LogP contribution in [0.2, 0.25) is 0 Å². The van der Waals surface area contributed by atoms with Crippen LogP contribution in [0, 0.1) is 17.7 Å². The summed E-state index contributed by atoms with van der Waals surface area (Å²) in [4.78, 5) is 0. The van der Waals surface area contributed by atoms with Gasteiger partial charge in [-0.3, -0.25) is 0 Å². The molecule has 17 heavy (non-hydrogen) atoms. The second-order valence-corrected chi connectivity index (χ2v) is 5.59. The van der Waals surface area contributed by atoms with E-state index in [4.69, 9.17) is 5.73 Å². The van der Waals surface area contributed by atoms with Crippen molar-refractivity contribution in [1.29, 1.82) is 0 Å². The summed E-state index contributed by atoms with van der Waals surface area (Å²) in [6.45, 7) is 0.531. The van der Waals surface area contributed by atoms with Crippen molar-refractivity contribution < 1.29 is 4.39 Å². The summed E-state index contributed by atoms with van der Waals surface area (Å²) >= 11 is 0. The Morgan fingerprint density at radius 2 is 2.00 bits per heavy atom. The highest BCUT2D eigenvalue weighted by Gasteiger charge is 2.40. The summed E-state index contributed by atoms with van der Waals surface area (Å²) in [7, 11) is 0. The van der Waals surface area contributed by atoms with E-state index in [1.807, 2.05) is 6.07 Å². The molecule has 2 heteroatoms. The van der Waals surface area contributed by atoms with E-state index >= 15 is 0 Å². The lowest BCUT2D eigenvalue weighted by molar-refractivity contribution is 0.424. The van der Waals surface area contributed by atoms with Crippen LogP contribution < -0.4 is 5.73 Å². The van der Waals surface area contributed by atoms with Gasteiger partial charge >= 0.3 is 0 Å². The highest BCUT2D eigenvalue weighted by molar-refractivity contribution is 5.32. The maximum atomic E-state index is 13.4. The Hall–Kier alpha value is -0.890. The molecule has 3 rings (SSSR count). The van der Waals surface area contributed by atoms with Crippen LogP contribution in [-0.2, 0) is 6.54 Å². The average molecular weight is 233 g/mol. The standard InChI is InChI=1S/C15H20FN/c16-12-7-6-11(9-17)15(8-12)14-3-1-2-13(14)10-4-5-10/h6-8,10,13-14H,1-5,9,17H2. The molecule has 0 amide bonds. The van der Waals surface area contributed by atoms with Crippen molar-refractivity contribution in [2.45, 2.75) is 44.6 Å². The lowest BCUT2D eigenvalue weighted by atomic mass is 9.83. The Labute approximate surface area is 102 Å². The molecule has 2 aliphatic carbocycles. The van der Waals surface area contributed by atoms with Gasteiger partial charge < -0.3 is 5.73 Å². The van der Waals surface area contributed by atoms with Crippen molar-refractivity contribution >= 4 is 0 Å². The number of hydrogen-bond acceptors (Lipinski definition) is 1. The molecule has 2 fully saturated rings. The molecule has 0 radical (unpaired) electrons. The van der Waals surface area contributed by atoms with Crippen LogP contribution >= 0.6 is 0 Å². The van der Waals surface area contributed by atoms with Gasteiger partial charge in [-0.25, -0.2) is 4.39 Å². The molecular formula is C15H20FN. The predicted molar refractivity (Wildman–Crippen MR) is 67.1 cm³/mol. The fourth-order valence-corrected chi connectivity index (χ4v) is 3.56. The van der Waals surface area contributed by atoms with E-state index in [9.17, 15) is 4.39 Å². The summed E-state index contributed by atoms with van der Waals surface area (Å²) in [6.07, 6.45) is 6.61. The minimum absolute atomic E-state index is 0.112. The molecule has 2 aliphatic rings. The van der Waals surface area contributed by atoms with E-state index in [1.54, 1.807) is 6.07 Å². The molecule has 0 saturated heterocycles. The molecule has 0 aliphatic heterocycles. The molecule has 1 aromatic rings. The van der Waals surface area contributed by atoms with E-state index in [-0.39, 0.29) is 5.82 Å². The molecule has 0 aromatic heterocycles. The summed E-state index contributed by atoms with van der Waals surface area (Å²) in [6, 6.07) is 5.13. The van der Waals surface area contributed by atoms with Crippen molar-refractivity contribution in [3.63, 3.8) is 0 Å². The molecule has 2 saturated carbocycles. The van der Waals surface area contributed by atoms with Gasteiger partial charge in [-0.05, 0) is 66.7 Å². The number of benzene rings is 1. The Kier molecular flexibility index (Phi) is 2.91. The maximum absolute atomic E-state index is 13.4. The Morgan fingerprint density at radius 3 is 2.71 bits per heavy atom.